The molecule has 0 atom stereocenters. The molecule has 2 aromatic carbocycles. The van der Waals surface area contributed by atoms with Crippen LogP contribution in [0.5, 0.6) is 0 Å². The minimum absolute atomic E-state index is 0.0724. The Balaban J connectivity index is 1.45. The van der Waals surface area contributed by atoms with Crippen molar-refractivity contribution in [1.29, 1.82) is 0 Å². The largest absolute Gasteiger partial charge is 0.469 e. The summed E-state index contributed by atoms with van der Waals surface area (Å²) in [6, 6.07) is 16.5. The Labute approximate surface area is 159 Å². The van der Waals surface area contributed by atoms with Gasteiger partial charge in [-0.05, 0) is 35.1 Å². The SMILES string of the molecule is COC(=O)CCCCCNC(=O)OCC1c2ccccc2-c2ccccc21. The summed E-state index contributed by atoms with van der Waals surface area (Å²) in [4.78, 5) is 23.0. The predicted molar refractivity (Wildman–Crippen MR) is 104 cm³/mol. The van der Waals surface area contributed by atoms with Gasteiger partial charge in [-0.3, -0.25) is 4.79 Å². The average molecular weight is 367 g/mol. The third-order valence-electron chi connectivity index (χ3n) is 4.90. The van der Waals surface area contributed by atoms with Crippen molar-refractivity contribution in [2.45, 2.75) is 31.6 Å². The lowest BCUT2D eigenvalue weighted by Crippen LogP contribution is -2.27. The van der Waals surface area contributed by atoms with E-state index in [4.69, 9.17) is 4.74 Å². The summed E-state index contributed by atoms with van der Waals surface area (Å²) in [5.74, 6) is -0.122. The number of rotatable bonds is 8. The van der Waals surface area contributed by atoms with Crippen LogP contribution in [0.25, 0.3) is 11.1 Å². The quantitative estimate of drug-likeness (QED) is 0.559. The van der Waals surface area contributed by atoms with E-state index in [1.165, 1.54) is 29.4 Å². The summed E-state index contributed by atoms with van der Waals surface area (Å²) < 4.78 is 10.1. The highest BCUT2D eigenvalue weighted by Gasteiger charge is 2.28. The number of nitrogens with one attached hydrogen (secondary N) is 1. The molecule has 0 saturated heterocycles. The number of methoxy groups -OCH3 is 1. The van der Waals surface area contributed by atoms with Crippen LogP contribution in [0, 0.1) is 0 Å². The molecule has 0 spiro atoms. The Hall–Kier alpha value is -2.82. The first-order valence-corrected chi connectivity index (χ1v) is 9.36. The number of ether oxygens (including phenoxy) is 2. The monoisotopic (exact) mass is 367 g/mol. The smallest absolute Gasteiger partial charge is 0.407 e. The van der Waals surface area contributed by atoms with Crippen LogP contribution in [-0.2, 0) is 14.3 Å². The molecule has 2 aromatic rings. The van der Waals surface area contributed by atoms with E-state index in [-0.39, 0.29) is 11.9 Å². The van der Waals surface area contributed by atoms with Crippen molar-refractivity contribution in [3.63, 3.8) is 0 Å². The van der Waals surface area contributed by atoms with Crippen molar-refractivity contribution in [2.75, 3.05) is 20.3 Å². The van der Waals surface area contributed by atoms with Gasteiger partial charge >= 0.3 is 12.1 Å². The Morgan fingerprint density at radius 1 is 0.926 bits per heavy atom. The number of fused-ring (bicyclic) bond motifs is 3. The molecule has 1 aliphatic rings. The van der Waals surface area contributed by atoms with E-state index in [1.54, 1.807) is 0 Å². The van der Waals surface area contributed by atoms with E-state index in [0.717, 1.165) is 19.3 Å². The molecule has 0 saturated carbocycles. The molecule has 1 amide bonds. The zero-order chi connectivity index (χ0) is 19.1. The van der Waals surface area contributed by atoms with Crippen LogP contribution in [-0.4, -0.2) is 32.3 Å². The summed E-state index contributed by atoms with van der Waals surface area (Å²) in [6.45, 7) is 0.861. The van der Waals surface area contributed by atoms with Crippen LogP contribution in [0.4, 0.5) is 4.79 Å². The lowest BCUT2D eigenvalue weighted by atomic mass is 9.98. The minimum Gasteiger partial charge on any atom is -0.469 e. The molecule has 5 heteroatoms. The van der Waals surface area contributed by atoms with E-state index >= 15 is 0 Å². The molecule has 1 aliphatic carbocycles. The second kappa shape index (κ2) is 9.21. The van der Waals surface area contributed by atoms with Crippen molar-refractivity contribution in [3.05, 3.63) is 59.7 Å². The topological polar surface area (TPSA) is 64.6 Å². The van der Waals surface area contributed by atoms with Crippen molar-refractivity contribution in [3.8, 4) is 11.1 Å². The fourth-order valence-electron chi connectivity index (χ4n) is 3.51. The highest BCUT2D eigenvalue weighted by Crippen LogP contribution is 2.44. The predicted octanol–water partition coefficient (Wildman–Crippen LogP) is 4.26. The summed E-state index contributed by atoms with van der Waals surface area (Å²) in [5, 5.41) is 2.78. The van der Waals surface area contributed by atoms with Gasteiger partial charge in [0, 0.05) is 18.9 Å². The first-order chi connectivity index (χ1) is 13.2. The van der Waals surface area contributed by atoms with Gasteiger partial charge in [0.05, 0.1) is 7.11 Å². The van der Waals surface area contributed by atoms with Crippen LogP contribution in [0.15, 0.2) is 48.5 Å². The van der Waals surface area contributed by atoms with Crippen molar-refractivity contribution in [1.82, 2.24) is 5.32 Å². The maximum atomic E-state index is 12.0. The molecule has 0 unspecified atom stereocenters. The second-order valence-corrected chi connectivity index (χ2v) is 6.64. The third kappa shape index (κ3) is 4.67. The van der Waals surface area contributed by atoms with Gasteiger partial charge in [0.15, 0.2) is 0 Å². The number of hydrogen-bond donors (Lipinski definition) is 1. The van der Waals surface area contributed by atoms with Gasteiger partial charge in [0.1, 0.15) is 6.61 Å². The zero-order valence-corrected chi connectivity index (χ0v) is 15.6. The highest BCUT2D eigenvalue weighted by atomic mass is 16.5. The molecular weight excluding hydrogens is 342 g/mol. The molecule has 3 rings (SSSR count). The standard InChI is InChI=1S/C22H25NO4/c1-26-21(24)13-3-2-8-14-23-22(25)27-15-20-18-11-6-4-9-16(18)17-10-5-7-12-19(17)20/h4-7,9-12,20H,2-3,8,13-15H2,1H3,(H,23,25). The van der Waals surface area contributed by atoms with Gasteiger partial charge in [-0.1, -0.05) is 55.0 Å². The van der Waals surface area contributed by atoms with Crippen LogP contribution < -0.4 is 5.32 Å². The van der Waals surface area contributed by atoms with E-state index in [1.807, 2.05) is 24.3 Å². The Kier molecular flexibility index (Phi) is 6.47. The van der Waals surface area contributed by atoms with E-state index in [2.05, 4.69) is 34.3 Å². The maximum absolute atomic E-state index is 12.0. The Bertz CT molecular complexity index is 757. The molecule has 27 heavy (non-hydrogen) atoms. The molecule has 0 radical (unpaired) electrons. The van der Waals surface area contributed by atoms with Crippen molar-refractivity contribution < 1.29 is 19.1 Å². The molecule has 5 nitrogen and oxygen atoms in total. The molecule has 0 bridgehead atoms. The number of carbonyl (C=O) groups is 2. The molecule has 0 heterocycles. The molecule has 1 N–H and O–H groups in total. The molecule has 0 aromatic heterocycles. The number of alkyl carbamates (subject to hydrolysis) is 1. The number of benzene rings is 2. The van der Waals surface area contributed by atoms with Crippen LogP contribution >= 0.6 is 0 Å². The maximum Gasteiger partial charge on any atom is 0.407 e. The number of hydrogen-bond acceptors (Lipinski definition) is 4. The van der Waals surface area contributed by atoms with Gasteiger partial charge in [-0.2, -0.15) is 0 Å². The van der Waals surface area contributed by atoms with Crippen LogP contribution in [0.2, 0.25) is 0 Å². The number of unbranched alkanes of at least 4 members (excludes halogenated alkanes) is 2. The Morgan fingerprint density at radius 2 is 1.56 bits per heavy atom. The van der Waals surface area contributed by atoms with Gasteiger partial charge in [-0.25, -0.2) is 4.79 Å². The number of amides is 1. The molecule has 0 fully saturated rings. The average Bonchev–Trinajstić information content (AvgIpc) is 3.02. The highest BCUT2D eigenvalue weighted by molar-refractivity contribution is 5.79. The van der Waals surface area contributed by atoms with Gasteiger partial charge in [-0.15, -0.1) is 0 Å². The minimum atomic E-state index is -0.398. The lowest BCUT2D eigenvalue weighted by Gasteiger charge is -2.14. The summed E-state index contributed by atoms with van der Waals surface area (Å²) in [5.41, 5.74) is 4.84. The van der Waals surface area contributed by atoms with Crippen LogP contribution in [0.1, 0.15) is 42.7 Å². The fourth-order valence-corrected chi connectivity index (χ4v) is 3.51. The third-order valence-corrected chi connectivity index (χ3v) is 4.90. The van der Waals surface area contributed by atoms with E-state index < -0.39 is 6.09 Å². The first kappa shape index (κ1) is 19.0. The van der Waals surface area contributed by atoms with Crippen molar-refractivity contribution in [2.24, 2.45) is 0 Å². The number of esters is 1. The molecule has 142 valence electrons. The van der Waals surface area contributed by atoms with Gasteiger partial charge in [0.2, 0.25) is 0 Å². The Morgan fingerprint density at radius 3 is 2.19 bits per heavy atom. The molecule has 0 aliphatic heterocycles. The summed E-state index contributed by atoms with van der Waals surface area (Å²) in [7, 11) is 1.39. The summed E-state index contributed by atoms with van der Waals surface area (Å²) in [6.07, 6.45) is 2.45. The lowest BCUT2D eigenvalue weighted by molar-refractivity contribution is -0.140. The first-order valence-electron chi connectivity index (χ1n) is 9.36. The zero-order valence-electron chi connectivity index (χ0n) is 15.6. The summed E-state index contributed by atoms with van der Waals surface area (Å²) >= 11 is 0. The normalized spacial score (nSPS) is 12.2. The van der Waals surface area contributed by atoms with Crippen LogP contribution in [0.3, 0.4) is 0 Å². The second-order valence-electron chi connectivity index (χ2n) is 6.64. The van der Waals surface area contributed by atoms with Gasteiger partial charge < -0.3 is 14.8 Å². The fraction of sp³-hybridized carbons (Fsp3) is 0.364. The molecular formula is C22H25NO4. The van der Waals surface area contributed by atoms with Gasteiger partial charge in [0.25, 0.3) is 0 Å². The number of carbonyl (C=O) groups excluding carboxylic acids is 2. The van der Waals surface area contributed by atoms with E-state index in [0.29, 0.717) is 19.6 Å². The van der Waals surface area contributed by atoms with E-state index in [9.17, 15) is 9.59 Å². The van der Waals surface area contributed by atoms with Crippen molar-refractivity contribution >= 4 is 12.1 Å².